The van der Waals surface area contributed by atoms with E-state index in [9.17, 15) is 4.79 Å². The lowest BCUT2D eigenvalue weighted by Gasteiger charge is -2.20. The second-order valence-corrected chi connectivity index (χ2v) is 5.60. The Morgan fingerprint density at radius 2 is 2.31 bits per heavy atom. The standard InChI is InChI=1S/C11H17N3OS/c1-7(2)10(15)13-11-12-8-4-5-14(3)6-9(8)16-11/h7H,4-6H2,1-3H3,(H,12,13,15). The van der Waals surface area contributed by atoms with Crippen molar-refractivity contribution in [3.05, 3.63) is 10.6 Å². The first kappa shape index (κ1) is 11.5. The predicted octanol–water partition coefficient (Wildman–Crippen LogP) is 1.73. The first-order valence-electron chi connectivity index (χ1n) is 5.54. The van der Waals surface area contributed by atoms with E-state index in [1.165, 1.54) is 4.88 Å². The minimum atomic E-state index is 0.00333. The van der Waals surface area contributed by atoms with E-state index in [4.69, 9.17) is 0 Å². The zero-order chi connectivity index (χ0) is 11.7. The van der Waals surface area contributed by atoms with Crippen LogP contribution in [-0.2, 0) is 17.8 Å². The molecule has 1 aromatic heterocycles. The molecule has 0 unspecified atom stereocenters. The molecular formula is C11H17N3OS. The quantitative estimate of drug-likeness (QED) is 0.855. The summed E-state index contributed by atoms with van der Waals surface area (Å²) < 4.78 is 0. The third-order valence-corrected chi connectivity index (χ3v) is 3.67. The fourth-order valence-electron chi connectivity index (χ4n) is 1.63. The van der Waals surface area contributed by atoms with Gasteiger partial charge in [-0.25, -0.2) is 4.98 Å². The van der Waals surface area contributed by atoms with Crippen molar-refractivity contribution in [1.82, 2.24) is 9.88 Å². The molecule has 5 heteroatoms. The molecule has 1 N–H and O–H groups in total. The molecule has 1 aliphatic heterocycles. The number of rotatable bonds is 2. The van der Waals surface area contributed by atoms with Gasteiger partial charge in [0.05, 0.1) is 5.69 Å². The molecule has 2 heterocycles. The van der Waals surface area contributed by atoms with Crippen molar-refractivity contribution < 1.29 is 4.79 Å². The van der Waals surface area contributed by atoms with E-state index >= 15 is 0 Å². The highest BCUT2D eigenvalue weighted by Gasteiger charge is 2.19. The van der Waals surface area contributed by atoms with Crippen LogP contribution in [0, 0.1) is 5.92 Å². The number of carbonyl (C=O) groups is 1. The predicted molar refractivity (Wildman–Crippen MR) is 65.6 cm³/mol. The minimum absolute atomic E-state index is 0.00333. The summed E-state index contributed by atoms with van der Waals surface area (Å²) >= 11 is 1.60. The SMILES string of the molecule is CC(C)C(=O)Nc1nc2c(s1)CN(C)CC2. The summed E-state index contributed by atoms with van der Waals surface area (Å²) in [5.41, 5.74) is 1.15. The highest BCUT2D eigenvalue weighted by molar-refractivity contribution is 7.15. The van der Waals surface area contributed by atoms with Gasteiger partial charge in [0.15, 0.2) is 5.13 Å². The van der Waals surface area contributed by atoms with Crippen LogP contribution in [0.3, 0.4) is 0 Å². The van der Waals surface area contributed by atoms with Crippen molar-refractivity contribution >= 4 is 22.4 Å². The van der Waals surface area contributed by atoms with Gasteiger partial charge in [-0.3, -0.25) is 4.79 Å². The molecule has 0 spiro atoms. The summed E-state index contributed by atoms with van der Waals surface area (Å²) in [5, 5.41) is 3.61. The zero-order valence-corrected chi connectivity index (χ0v) is 10.7. The van der Waals surface area contributed by atoms with Crippen molar-refractivity contribution in [3.8, 4) is 0 Å². The largest absolute Gasteiger partial charge is 0.302 e. The van der Waals surface area contributed by atoms with Crippen LogP contribution in [0.25, 0.3) is 0 Å². The molecule has 0 fully saturated rings. The molecule has 4 nitrogen and oxygen atoms in total. The van der Waals surface area contributed by atoms with Gasteiger partial charge in [-0.15, -0.1) is 11.3 Å². The fraction of sp³-hybridized carbons (Fsp3) is 0.636. The number of nitrogens with one attached hydrogen (secondary N) is 1. The summed E-state index contributed by atoms with van der Waals surface area (Å²) in [6.07, 6.45) is 0.986. The van der Waals surface area contributed by atoms with Crippen molar-refractivity contribution in [2.75, 3.05) is 18.9 Å². The third kappa shape index (κ3) is 2.41. The van der Waals surface area contributed by atoms with E-state index in [0.717, 1.165) is 30.3 Å². The molecule has 1 amide bonds. The smallest absolute Gasteiger partial charge is 0.228 e. The normalized spacial score (nSPS) is 16.2. The Labute approximate surface area is 99.7 Å². The molecular weight excluding hydrogens is 222 g/mol. The Hall–Kier alpha value is -0.940. The van der Waals surface area contributed by atoms with Gasteiger partial charge in [0.2, 0.25) is 5.91 Å². The van der Waals surface area contributed by atoms with E-state index in [1.54, 1.807) is 11.3 Å². The second-order valence-electron chi connectivity index (χ2n) is 4.52. The van der Waals surface area contributed by atoms with E-state index < -0.39 is 0 Å². The Bertz CT molecular complexity index is 400. The number of nitrogens with zero attached hydrogens (tertiary/aromatic N) is 2. The number of fused-ring (bicyclic) bond motifs is 1. The van der Waals surface area contributed by atoms with Gasteiger partial charge >= 0.3 is 0 Å². The number of amides is 1. The molecule has 2 rings (SSSR count). The van der Waals surface area contributed by atoms with Crippen LogP contribution in [-0.4, -0.2) is 29.4 Å². The maximum absolute atomic E-state index is 11.5. The van der Waals surface area contributed by atoms with Crippen LogP contribution in [0.1, 0.15) is 24.4 Å². The van der Waals surface area contributed by atoms with Gasteiger partial charge in [-0.1, -0.05) is 13.8 Å². The van der Waals surface area contributed by atoms with E-state index in [2.05, 4.69) is 22.2 Å². The van der Waals surface area contributed by atoms with Crippen molar-refractivity contribution in [1.29, 1.82) is 0 Å². The molecule has 0 bridgehead atoms. The molecule has 0 radical (unpaired) electrons. The van der Waals surface area contributed by atoms with Crippen molar-refractivity contribution in [2.45, 2.75) is 26.8 Å². The third-order valence-electron chi connectivity index (χ3n) is 2.68. The Morgan fingerprint density at radius 1 is 1.56 bits per heavy atom. The maximum Gasteiger partial charge on any atom is 0.228 e. The minimum Gasteiger partial charge on any atom is -0.302 e. The van der Waals surface area contributed by atoms with E-state index in [-0.39, 0.29) is 11.8 Å². The molecule has 0 atom stereocenters. The monoisotopic (exact) mass is 239 g/mol. The lowest BCUT2D eigenvalue weighted by atomic mass is 10.2. The Balaban J connectivity index is 2.10. The first-order chi connectivity index (χ1) is 7.56. The molecule has 0 aliphatic carbocycles. The summed E-state index contributed by atoms with van der Waals surface area (Å²) in [7, 11) is 2.11. The Morgan fingerprint density at radius 3 is 3.00 bits per heavy atom. The van der Waals surface area contributed by atoms with E-state index in [0.29, 0.717) is 0 Å². The fourth-order valence-corrected chi connectivity index (χ4v) is 2.72. The lowest BCUT2D eigenvalue weighted by Crippen LogP contribution is -2.25. The summed E-state index contributed by atoms with van der Waals surface area (Å²) in [6.45, 7) is 5.77. The van der Waals surface area contributed by atoms with Crippen LogP contribution in [0.5, 0.6) is 0 Å². The number of carbonyl (C=O) groups excluding carboxylic acids is 1. The molecule has 1 aromatic rings. The number of hydrogen-bond donors (Lipinski definition) is 1. The van der Waals surface area contributed by atoms with Gasteiger partial charge < -0.3 is 10.2 Å². The van der Waals surface area contributed by atoms with Gasteiger partial charge in [0.1, 0.15) is 0 Å². The van der Waals surface area contributed by atoms with Crippen LogP contribution in [0.15, 0.2) is 0 Å². The highest BCUT2D eigenvalue weighted by Crippen LogP contribution is 2.27. The van der Waals surface area contributed by atoms with E-state index in [1.807, 2.05) is 13.8 Å². The van der Waals surface area contributed by atoms with Crippen LogP contribution >= 0.6 is 11.3 Å². The molecule has 0 saturated heterocycles. The first-order valence-corrected chi connectivity index (χ1v) is 6.36. The maximum atomic E-state index is 11.5. The molecule has 0 aromatic carbocycles. The number of aromatic nitrogens is 1. The van der Waals surface area contributed by atoms with Gasteiger partial charge in [0.25, 0.3) is 0 Å². The lowest BCUT2D eigenvalue weighted by molar-refractivity contribution is -0.118. The topological polar surface area (TPSA) is 45.2 Å². The zero-order valence-electron chi connectivity index (χ0n) is 9.91. The van der Waals surface area contributed by atoms with Crippen molar-refractivity contribution in [3.63, 3.8) is 0 Å². The number of hydrogen-bond acceptors (Lipinski definition) is 4. The summed E-state index contributed by atoms with van der Waals surface area (Å²) in [4.78, 5) is 19.6. The number of thiazole rings is 1. The average molecular weight is 239 g/mol. The second kappa shape index (κ2) is 4.51. The van der Waals surface area contributed by atoms with Gasteiger partial charge in [-0.2, -0.15) is 0 Å². The van der Waals surface area contributed by atoms with Gasteiger partial charge in [0, 0.05) is 30.3 Å². The van der Waals surface area contributed by atoms with Crippen molar-refractivity contribution in [2.24, 2.45) is 5.92 Å². The van der Waals surface area contributed by atoms with Crippen LogP contribution in [0.4, 0.5) is 5.13 Å². The molecule has 16 heavy (non-hydrogen) atoms. The van der Waals surface area contributed by atoms with Crippen LogP contribution in [0.2, 0.25) is 0 Å². The Kier molecular flexibility index (Phi) is 3.25. The van der Waals surface area contributed by atoms with Crippen LogP contribution < -0.4 is 5.32 Å². The summed E-state index contributed by atoms with van der Waals surface area (Å²) in [5.74, 6) is 0.0445. The molecule has 0 saturated carbocycles. The molecule has 88 valence electrons. The average Bonchev–Trinajstić information content (AvgIpc) is 2.58. The highest BCUT2D eigenvalue weighted by atomic mass is 32.1. The van der Waals surface area contributed by atoms with Gasteiger partial charge in [-0.05, 0) is 7.05 Å². The number of anilines is 1. The number of likely N-dealkylation sites (N-methyl/N-ethyl adjacent to an activating group) is 1. The molecule has 1 aliphatic rings. The summed E-state index contributed by atoms with van der Waals surface area (Å²) in [6, 6.07) is 0.